The Bertz CT molecular complexity index is 1730. The van der Waals surface area contributed by atoms with Gasteiger partial charge in [0.2, 0.25) is 0 Å². The van der Waals surface area contributed by atoms with Crippen molar-refractivity contribution in [1.29, 1.82) is 0 Å². The van der Waals surface area contributed by atoms with Crippen LogP contribution in [0.4, 0.5) is 13.2 Å². The zero-order valence-electron chi connectivity index (χ0n) is 22.7. The molecule has 0 amide bonds. The first-order chi connectivity index (χ1) is 20.7. The predicted molar refractivity (Wildman–Crippen MR) is 157 cm³/mol. The van der Waals surface area contributed by atoms with E-state index in [-0.39, 0.29) is 11.5 Å². The fourth-order valence-electron chi connectivity index (χ4n) is 3.97. The van der Waals surface area contributed by atoms with Gasteiger partial charge in [-0.3, -0.25) is 19.9 Å². The monoisotopic (exact) mass is 626 g/mol. The van der Waals surface area contributed by atoms with Crippen molar-refractivity contribution in [3.05, 3.63) is 102 Å². The van der Waals surface area contributed by atoms with Crippen LogP contribution in [-0.2, 0) is 33.9 Å². The fourth-order valence-corrected chi connectivity index (χ4v) is 6.07. The summed E-state index contributed by atoms with van der Waals surface area (Å²) in [5.74, 6) is 0.471. The Hall–Kier alpha value is -4.11. The maximum Gasteiger partial charge on any atom is 0.422 e. The molecule has 0 aliphatic rings. The molecule has 0 bridgehead atoms. The van der Waals surface area contributed by atoms with Crippen molar-refractivity contribution >= 4 is 44.4 Å². The molecule has 222 valence electrons. The number of hydrogen-bond donors (Lipinski definition) is 2. The number of ether oxygens (including phenoxy) is 1. The second-order valence-electron chi connectivity index (χ2n) is 9.20. The number of rotatable bonds is 8. The Labute approximate surface area is 250 Å². The summed E-state index contributed by atoms with van der Waals surface area (Å²) < 4.78 is 66.4. The molecule has 2 unspecified atom stereocenters. The smallest absolute Gasteiger partial charge is 0.422 e. The van der Waals surface area contributed by atoms with Crippen molar-refractivity contribution in [1.82, 2.24) is 29.9 Å². The lowest BCUT2D eigenvalue weighted by atomic mass is 10.2. The number of pyridine rings is 2. The molecule has 0 aliphatic carbocycles. The second kappa shape index (κ2) is 13.5. The number of halogens is 3. The Kier molecular flexibility index (Phi) is 9.50. The Morgan fingerprint density at radius 1 is 0.744 bits per heavy atom. The molecular weight excluding hydrogens is 601 g/mol. The summed E-state index contributed by atoms with van der Waals surface area (Å²) in [6.45, 7) is 0.202. The van der Waals surface area contributed by atoms with Crippen molar-refractivity contribution in [2.75, 3.05) is 6.61 Å². The lowest BCUT2D eigenvalue weighted by Crippen LogP contribution is -2.20. The van der Waals surface area contributed by atoms with Crippen LogP contribution in [0.15, 0.2) is 95.5 Å². The van der Waals surface area contributed by atoms with E-state index in [1.165, 1.54) is 12.3 Å². The largest absolute Gasteiger partial charge is 0.609 e. The molecule has 0 aliphatic heterocycles. The molecule has 2 atom stereocenters. The summed E-state index contributed by atoms with van der Waals surface area (Å²) in [5.41, 5.74) is 4.82. The van der Waals surface area contributed by atoms with Crippen LogP contribution in [0, 0.1) is 6.92 Å². The number of nitrogens with one attached hydrogen (secondary N) is 2. The topological polar surface area (TPSA) is 138 Å². The Morgan fingerprint density at radius 2 is 1.33 bits per heavy atom. The van der Waals surface area contributed by atoms with Crippen LogP contribution in [0.5, 0.6) is 5.75 Å². The molecule has 6 rings (SSSR count). The van der Waals surface area contributed by atoms with Crippen LogP contribution in [-0.4, -0.2) is 51.8 Å². The van der Waals surface area contributed by atoms with E-state index >= 15 is 0 Å². The van der Waals surface area contributed by atoms with Crippen LogP contribution in [0.2, 0.25) is 0 Å². The van der Waals surface area contributed by atoms with Crippen LogP contribution < -0.4 is 4.74 Å². The number of fused-ring (bicyclic) bond motifs is 2. The lowest BCUT2D eigenvalue weighted by Gasteiger charge is -2.14. The first kappa shape index (κ1) is 30.4. The third-order valence-corrected chi connectivity index (χ3v) is 8.43. The van der Waals surface area contributed by atoms with Crippen LogP contribution in [0.1, 0.15) is 17.0 Å². The number of aromatic amines is 2. The van der Waals surface area contributed by atoms with Gasteiger partial charge in [0.25, 0.3) is 0 Å². The molecule has 6 aromatic rings. The average Bonchev–Trinajstić information content (AvgIpc) is 3.63. The molecule has 9 nitrogen and oxygen atoms in total. The van der Waals surface area contributed by atoms with Gasteiger partial charge in [-0.15, -0.1) is 0 Å². The quantitative estimate of drug-likeness (QED) is 0.204. The van der Waals surface area contributed by atoms with Gasteiger partial charge in [0.15, 0.2) is 18.1 Å². The van der Waals surface area contributed by atoms with Crippen LogP contribution >= 0.6 is 0 Å². The number of H-pyrrole nitrogens is 2. The van der Waals surface area contributed by atoms with Crippen LogP contribution in [0.3, 0.4) is 0 Å². The highest BCUT2D eigenvalue weighted by molar-refractivity contribution is 7.90. The summed E-state index contributed by atoms with van der Waals surface area (Å²) in [6, 6.07) is 21.9. The molecule has 2 N–H and O–H groups in total. The van der Waals surface area contributed by atoms with E-state index in [9.17, 15) is 22.3 Å². The van der Waals surface area contributed by atoms with E-state index in [1.54, 1.807) is 19.2 Å². The van der Waals surface area contributed by atoms with Crippen molar-refractivity contribution in [3.63, 3.8) is 0 Å². The van der Waals surface area contributed by atoms with E-state index in [0.29, 0.717) is 32.8 Å². The first-order valence-corrected chi connectivity index (χ1v) is 15.5. The maximum absolute atomic E-state index is 12.5. The zero-order valence-corrected chi connectivity index (χ0v) is 24.3. The molecule has 14 heteroatoms. The van der Waals surface area contributed by atoms with E-state index < -0.39 is 35.1 Å². The fraction of sp³-hybridized carbons (Fsp3) is 0.172. The lowest BCUT2D eigenvalue weighted by molar-refractivity contribution is -0.153. The highest BCUT2D eigenvalue weighted by atomic mass is 32.2. The Balaban J connectivity index is 0.000000180. The van der Waals surface area contributed by atoms with Crippen molar-refractivity contribution in [2.24, 2.45) is 0 Å². The first-order valence-electron chi connectivity index (χ1n) is 12.9. The summed E-state index contributed by atoms with van der Waals surface area (Å²) in [7, 11) is 0. The average molecular weight is 627 g/mol. The SMILES string of the molecule is Cc1c(OCC(F)(F)F)ccnc1C[S+]([O-])c1nc2ccccc2[nH]1.[O-][S+](Cc1ccccn1)c1nc2ccccc2[nH]1. The molecule has 2 aromatic carbocycles. The molecule has 0 fully saturated rings. The van der Waals surface area contributed by atoms with Gasteiger partial charge in [-0.25, -0.2) is 0 Å². The van der Waals surface area contributed by atoms with Crippen molar-refractivity contribution in [2.45, 2.75) is 34.9 Å². The standard InChI is InChI=1S/C16H14F3N3O2S.C13H11N3OS/c1-10-13(20-7-6-14(10)24-9-16(17,18)19)8-25(23)15-21-11-4-2-3-5-12(11)22-15;17-18(9-10-5-3-4-8-14-10)13-15-11-6-1-2-7-12(11)16-13/h2-7H,8-9H2,1H3,(H,21,22);1-8H,9H2,(H,15,16). The number of alkyl halides is 3. The normalized spacial score (nSPS) is 13.0. The molecule has 4 heterocycles. The Morgan fingerprint density at radius 3 is 1.88 bits per heavy atom. The van der Waals surface area contributed by atoms with Gasteiger partial charge >= 0.3 is 16.5 Å². The van der Waals surface area contributed by atoms with Gasteiger partial charge in [-0.2, -0.15) is 23.1 Å². The van der Waals surface area contributed by atoms with Gasteiger partial charge < -0.3 is 13.8 Å². The summed E-state index contributed by atoms with van der Waals surface area (Å²) >= 11 is -2.71. The zero-order chi connectivity index (χ0) is 30.4. The van der Waals surface area contributed by atoms with E-state index in [4.69, 9.17) is 4.74 Å². The van der Waals surface area contributed by atoms with Gasteiger partial charge in [0, 0.05) is 40.3 Å². The van der Waals surface area contributed by atoms with Crippen LogP contribution in [0.25, 0.3) is 22.1 Å². The molecule has 0 radical (unpaired) electrons. The molecule has 43 heavy (non-hydrogen) atoms. The van der Waals surface area contributed by atoms with E-state index in [0.717, 1.165) is 22.2 Å². The molecule has 0 spiro atoms. The van der Waals surface area contributed by atoms with Gasteiger partial charge in [-0.1, -0.05) is 30.3 Å². The minimum atomic E-state index is -4.42. The van der Waals surface area contributed by atoms with Gasteiger partial charge in [-0.05, 0) is 49.4 Å². The minimum Gasteiger partial charge on any atom is -0.609 e. The predicted octanol–water partition coefficient (Wildman–Crippen LogP) is 5.78. The highest BCUT2D eigenvalue weighted by Gasteiger charge is 2.29. The van der Waals surface area contributed by atoms with Crippen molar-refractivity contribution < 1.29 is 27.0 Å². The van der Waals surface area contributed by atoms with Crippen molar-refractivity contribution in [3.8, 4) is 5.75 Å². The summed E-state index contributed by atoms with van der Waals surface area (Å²) in [5, 5.41) is 0.797. The summed E-state index contributed by atoms with van der Waals surface area (Å²) in [4.78, 5) is 22.9. The van der Waals surface area contributed by atoms with E-state index in [2.05, 4.69) is 29.9 Å². The van der Waals surface area contributed by atoms with Gasteiger partial charge in [0.1, 0.15) is 5.75 Å². The van der Waals surface area contributed by atoms with Gasteiger partial charge in [0.05, 0.1) is 33.5 Å². The number of para-hydroxylation sites is 4. The number of imidazole rings is 2. The highest BCUT2D eigenvalue weighted by Crippen LogP contribution is 2.26. The number of aromatic nitrogens is 6. The van der Waals surface area contributed by atoms with E-state index in [1.807, 2.05) is 60.7 Å². The third-order valence-electron chi connectivity index (χ3n) is 6.09. The maximum atomic E-state index is 12.5. The molecule has 0 saturated carbocycles. The second-order valence-corrected chi connectivity index (χ2v) is 11.9. The molecule has 0 saturated heterocycles. The number of hydrogen-bond acceptors (Lipinski definition) is 7. The number of nitrogens with zero attached hydrogens (tertiary/aromatic N) is 4. The third kappa shape index (κ3) is 8.04. The molecular formula is C29H25F3N6O3S2. The minimum absolute atomic E-state index is 0.0227. The molecule has 4 aromatic heterocycles. The number of benzene rings is 2. The summed E-state index contributed by atoms with van der Waals surface area (Å²) in [6.07, 6.45) is -1.39.